The van der Waals surface area contributed by atoms with Crippen LogP contribution in [-0.2, 0) is 32.7 Å². The van der Waals surface area contributed by atoms with Gasteiger partial charge in [0, 0.05) is 12.8 Å². The van der Waals surface area contributed by atoms with Gasteiger partial charge < -0.3 is 25.2 Å². The molecular weight excluding hydrogens is 601 g/mol. The zero-order chi connectivity index (χ0) is 33.6. The highest BCUT2D eigenvalue weighted by atomic mass is 31.2. The predicted molar refractivity (Wildman–Crippen MR) is 176 cm³/mol. The van der Waals surface area contributed by atoms with Crippen LogP contribution in [0.2, 0.25) is 0 Å². The van der Waals surface area contributed by atoms with Crippen LogP contribution in [0.5, 0.6) is 0 Å². The summed E-state index contributed by atoms with van der Waals surface area (Å²) in [4.78, 5) is 45.4. The van der Waals surface area contributed by atoms with E-state index < -0.39 is 57.6 Å². The minimum absolute atomic E-state index is 0.148. The smallest absolute Gasteiger partial charge is 0.472 e. The van der Waals surface area contributed by atoms with Gasteiger partial charge in [-0.25, -0.2) is 9.36 Å². The first-order valence-electron chi connectivity index (χ1n) is 17.2. The lowest BCUT2D eigenvalue weighted by Gasteiger charge is -2.18. The minimum Gasteiger partial charge on any atom is -0.480 e. The van der Waals surface area contributed by atoms with Gasteiger partial charge in [-0.1, -0.05) is 116 Å². The molecule has 0 aromatic heterocycles. The van der Waals surface area contributed by atoms with E-state index in [1.807, 2.05) is 0 Å². The largest absolute Gasteiger partial charge is 0.480 e. The number of phosphoric acid groups is 1. The maximum atomic E-state index is 12.2. The fraction of sp³-hybridized carbons (Fsp3) is 0.848. The minimum atomic E-state index is -4.74. The maximum absolute atomic E-state index is 12.2. The lowest BCUT2D eigenvalue weighted by atomic mass is 10.1. The molecule has 0 aliphatic heterocycles. The van der Waals surface area contributed by atoms with Gasteiger partial charge in [0.15, 0.2) is 6.04 Å². The monoisotopic (exact) mass is 663 g/mol. The van der Waals surface area contributed by atoms with Gasteiger partial charge in [0.25, 0.3) is 0 Å². The number of phosphoric ester groups is 1. The average Bonchev–Trinajstić information content (AvgIpc) is 3.00. The Hall–Kier alpha value is -1.78. The number of carboxylic acid groups (broad SMARTS) is 1. The van der Waals surface area contributed by atoms with Gasteiger partial charge in [0.05, 0.1) is 13.2 Å². The van der Waals surface area contributed by atoms with E-state index in [0.29, 0.717) is 12.8 Å². The van der Waals surface area contributed by atoms with Crippen molar-refractivity contribution in [2.75, 3.05) is 19.8 Å². The quantitative estimate of drug-likeness (QED) is 0.0247. The first kappa shape index (κ1) is 43.2. The van der Waals surface area contributed by atoms with Crippen molar-refractivity contribution < 1.29 is 47.8 Å². The number of nitrogens with one attached hydrogen (secondary N) is 1. The topological polar surface area (TPSA) is 169 Å². The van der Waals surface area contributed by atoms with Gasteiger partial charge in [-0.15, -0.1) is 0 Å². The zero-order valence-electron chi connectivity index (χ0n) is 27.9. The first-order chi connectivity index (χ1) is 21.6. The number of esters is 1. The molecule has 11 nitrogen and oxygen atoms in total. The van der Waals surface area contributed by atoms with Crippen molar-refractivity contribution in [1.29, 1.82) is 0 Å². The number of amides is 1. The fourth-order valence-corrected chi connectivity index (χ4v) is 5.30. The third-order valence-corrected chi connectivity index (χ3v) is 8.26. The normalized spacial score (nSPS) is 14.2. The number of allylic oxidation sites excluding steroid dienone is 2. The number of aliphatic hydroxyl groups is 1. The Morgan fingerprint density at radius 2 is 1.18 bits per heavy atom. The molecule has 3 unspecified atom stereocenters. The summed E-state index contributed by atoms with van der Waals surface area (Å²) in [6.07, 6.45) is 24.0. The summed E-state index contributed by atoms with van der Waals surface area (Å²) in [5.41, 5.74) is 0. The molecule has 0 fully saturated rings. The van der Waals surface area contributed by atoms with Crippen molar-refractivity contribution in [2.45, 2.75) is 161 Å². The van der Waals surface area contributed by atoms with Crippen LogP contribution >= 0.6 is 7.82 Å². The van der Waals surface area contributed by atoms with E-state index >= 15 is 0 Å². The second-order valence-electron chi connectivity index (χ2n) is 11.7. The van der Waals surface area contributed by atoms with E-state index in [1.54, 1.807) is 0 Å². The molecule has 4 N–H and O–H groups in total. The molecule has 0 bridgehead atoms. The van der Waals surface area contributed by atoms with Gasteiger partial charge in [-0.2, -0.15) is 0 Å². The first-order valence-corrected chi connectivity index (χ1v) is 18.7. The number of carbonyl (C=O) groups is 3. The van der Waals surface area contributed by atoms with Crippen molar-refractivity contribution in [2.24, 2.45) is 0 Å². The molecule has 0 rings (SSSR count). The highest BCUT2D eigenvalue weighted by Gasteiger charge is 2.28. The van der Waals surface area contributed by atoms with E-state index in [9.17, 15) is 34.1 Å². The molecular formula is C33H62NO10P. The summed E-state index contributed by atoms with van der Waals surface area (Å²) in [7, 11) is -4.74. The summed E-state index contributed by atoms with van der Waals surface area (Å²) in [5.74, 6) is -2.38. The van der Waals surface area contributed by atoms with Crippen LogP contribution in [0, 0.1) is 0 Å². The Kier molecular flexibility index (Phi) is 28.4. The van der Waals surface area contributed by atoms with E-state index in [4.69, 9.17) is 13.8 Å². The number of aliphatic hydroxyl groups excluding tert-OH is 1. The summed E-state index contributed by atoms with van der Waals surface area (Å²) >= 11 is 0. The molecule has 3 atom stereocenters. The molecule has 0 saturated heterocycles. The van der Waals surface area contributed by atoms with Crippen LogP contribution in [0.15, 0.2) is 12.2 Å². The maximum Gasteiger partial charge on any atom is 0.472 e. The number of aliphatic carboxylic acids is 1. The number of unbranched alkanes of at least 4 members (excludes halogenated alkanes) is 16. The second kappa shape index (κ2) is 29.6. The molecule has 0 heterocycles. The molecule has 45 heavy (non-hydrogen) atoms. The molecule has 1 amide bonds. The summed E-state index contributed by atoms with van der Waals surface area (Å²) in [5, 5.41) is 21.6. The van der Waals surface area contributed by atoms with Gasteiger partial charge in [-0.05, 0) is 32.1 Å². The van der Waals surface area contributed by atoms with Crippen LogP contribution in [-0.4, -0.2) is 64.9 Å². The van der Waals surface area contributed by atoms with Crippen molar-refractivity contribution in [1.82, 2.24) is 5.32 Å². The van der Waals surface area contributed by atoms with Crippen molar-refractivity contribution >= 4 is 25.7 Å². The van der Waals surface area contributed by atoms with Gasteiger partial charge in [0.2, 0.25) is 5.91 Å². The summed E-state index contributed by atoms with van der Waals surface area (Å²) in [6.45, 7) is 2.48. The molecule has 264 valence electrons. The Balaban J connectivity index is 4.02. The van der Waals surface area contributed by atoms with Crippen molar-refractivity contribution in [3.05, 3.63) is 12.2 Å². The van der Waals surface area contributed by atoms with Crippen LogP contribution in [0.3, 0.4) is 0 Å². The highest BCUT2D eigenvalue weighted by molar-refractivity contribution is 7.47. The molecule has 0 radical (unpaired) electrons. The van der Waals surface area contributed by atoms with Crippen molar-refractivity contribution in [3.63, 3.8) is 0 Å². The third-order valence-electron chi connectivity index (χ3n) is 7.30. The van der Waals surface area contributed by atoms with Gasteiger partial charge in [-0.3, -0.25) is 18.6 Å². The molecule has 0 aromatic carbocycles. The standard InChI is InChI=1S/C33H62NO10P/c1-3-5-7-9-11-13-15-17-19-21-23-25-32(37)42-26-29(35)27-43-45(40,41)44-28-30(33(38)39)34-31(36)24-22-20-18-16-14-12-10-8-6-4-2/h9,11,29-30,35H,3-8,10,12-28H2,1-2H3,(H,34,36)(H,38,39)(H,40,41)/b11-9-. The van der Waals surface area contributed by atoms with Crippen LogP contribution < -0.4 is 5.32 Å². The highest BCUT2D eigenvalue weighted by Crippen LogP contribution is 2.43. The Labute approximate surface area is 271 Å². The number of hydrogen-bond acceptors (Lipinski definition) is 8. The Bertz CT molecular complexity index is 838. The Morgan fingerprint density at radius 3 is 1.76 bits per heavy atom. The molecule has 0 spiro atoms. The summed E-state index contributed by atoms with van der Waals surface area (Å²) in [6, 6.07) is -1.54. The number of carboxylic acids is 1. The predicted octanol–water partition coefficient (Wildman–Crippen LogP) is 7.38. The summed E-state index contributed by atoms with van der Waals surface area (Å²) < 4.78 is 26.6. The molecule has 0 aliphatic rings. The number of rotatable bonds is 32. The van der Waals surface area contributed by atoms with Gasteiger partial charge >= 0.3 is 19.8 Å². The van der Waals surface area contributed by atoms with Gasteiger partial charge in [0.1, 0.15) is 12.7 Å². The third kappa shape index (κ3) is 29.4. The van der Waals surface area contributed by atoms with Crippen LogP contribution in [0.25, 0.3) is 0 Å². The number of hydrogen-bond donors (Lipinski definition) is 4. The van der Waals surface area contributed by atoms with Crippen molar-refractivity contribution in [3.8, 4) is 0 Å². The lowest BCUT2D eigenvalue weighted by molar-refractivity contribution is -0.147. The second-order valence-corrected chi connectivity index (χ2v) is 13.2. The SMILES string of the molecule is CCCC/C=C\CCCCCCCC(=O)OCC(O)COP(=O)(O)OCC(NC(=O)CCCCCCCCCCCC)C(=O)O. The number of carbonyl (C=O) groups excluding carboxylic acids is 2. The van der Waals surface area contributed by atoms with Crippen LogP contribution in [0.4, 0.5) is 0 Å². The molecule has 0 aliphatic carbocycles. The average molecular weight is 664 g/mol. The van der Waals surface area contributed by atoms with E-state index in [2.05, 4.69) is 31.3 Å². The van der Waals surface area contributed by atoms with E-state index in [-0.39, 0.29) is 12.8 Å². The van der Waals surface area contributed by atoms with E-state index in [1.165, 1.54) is 51.4 Å². The Morgan fingerprint density at radius 1 is 0.689 bits per heavy atom. The fourth-order valence-electron chi connectivity index (χ4n) is 4.53. The van der Waals surface area contributed by atoms with E-state index in [0.717, 1.165) is 57.8 Å². The zero-order valence-corrected chi connectivity index (χ0v) is 28.8. The molecule has 12 heteroatoms. The molecule has 0 aromatic rings. The lowest BCUT2D eigenvalue weighted by Crippen LogP contribution is -2.43. The van der Waals surface area contributed by atoms with Crippen LogP contribution in [0.1, 0.15) is 149 Å². The molecule has 0 saturated carbocycles. The number of ether oxygens (including phenoxy) is 1.